The lowest BCUT2D eigenvalue weighted by Gasteiger charge is -2.51. The van der Waals surface area contributed by atoms with Crippen molar-refractivity contribution in [3.8, 4) is 5.75 Å². The SMILES string of the molecule is O=C1CCC(N2Cc3cc(O[C@@H]4CCCC[C@@H]4N4CC(C5CCN(C(=O)C6(F)CC6)CC5)C4)ccc3C2=O)C(=O)N1. The fraction of sp³-hybridized carbons (Fsp3) is 0.677. The second-order valence-corrected chi connectivity index (χ2v) is 13.0. The van der Waals surface area contributed by atoms with Crippen LogP contribution in [0.15, 0.2) is 18.2 Å². The Morgan fingerprint density at radius 1 is 0.976 bits per heavy atom. The van der Waals surface area contributed by atoms with Crippen LogP contribution in [0.1, 0.15) is 80.1 Å². The molecule has 4 aliphatic heterocycles. The Morgan fingerprint density at radius 3 is 2.46 bits per heavy atom. The smallest absolute Gasteiger partial charge is 0.260 e. The van der Waals surface area contributed by atoms with E-state index in [9.17, 15) is 23.6 Å². The number of alkyl halides is 1. The van der Waals surface area contributed by atoms with Crippen molar-refractivity contribution in [2.75, 3.05) is 26.2 Å². The summed E-state index contributed by atoms with van der Waals surface area (Å²) >= 11 is 0. The quantitative estimate of drug-likeness (QED) is 0.532. The van der Waals surface area contributed by atoms with Crippen LogP contribution in [0, 0.1) is 11.8 Å². The first-order chi connectivity index (χ1) is 19.8. The predicted octanol–water partition coefficient (Wildman–Crippen LogP) is 2.81. The van der Waals surface area contributed by atoms with Crippen molar-refractivity contribution in [2.24, 2.45) is 11.8 Å². The molecule has 41 heavy (non-hydrogen) atoms. The van der Waals surface area contributed by atoms with Gasteiger partial charge in [0.25, 0.3) is 11.8 Å². The molecule has 2 aliphatic carbocycles. The molecule has 6 aliphatic rings. The lowest BCUT2D eigenvalue weighted by Crippen LogP contribution is -2.60. The van der Waals surface area contributed by atoms with E-state index in [-0.39, 0.29) is 30.2 Å². The Balaban J connectivity index is 0.940. The van der Waals surface area contributed by atoms with Gasteiger partial charge in [-0.1, -0.05) is 6.42 Å². The molecular weight excluding hydrogens is 527 g/mol. The first kappa shape index (κ1) is 26.9. The number of carbonyl (C=O) groups is 4. The topological polar surface area (TPSA) is 99.3 Å². The zero-order valence-corrected chi connectivity index (χ0v) is 23.5. The van der Waals surface area contributed by atoms with Gasteiger partial charge in [-0.25, -0.2) is 4.39 Å². The molecular formula is C31H39FN4O5. The highest BCUT2D eigenvalue weighted by Crippen LogP contribution is 2.43. The summed E-state index contributed by atoms with van der Waals surface area (Å²) in [5, 5.41) is 2.35. The van der Waals surface area contributed by atoms with E-state index in [4.69, 9.17) is 4.74 Å². The molecule has 220 valence electrons. The average molecular weight is 567 g/mol. The zero-order valence-electron chi connectivity index (χ0n) is 23.5. The average Bonchev–Trinajstić information content (AvgIpc) is 3.62. The number of amides is 4. The van der Waals surface area contributed by atoms with Crippen LogP contribution in [-0.2, 0) is 20.9 Å². The zero-order chi connectivity index (χ0) is 28.3. The second kappa shape index (κ2) is 10.4. The summed E-state index contributed by atoms with van der Waals surface area (Å²) in [5.74, 6) is 0.830. The molecule has 9 nitrogen and oxygen atoms in total. The number of nitrogens with zero attached hydrogens (tertiary/aromatic N) is 3. The summed E-state index contributed by atoms with van der Waals surface area (Å²) in [6, 6.07) is 5.36. The number of halogens is 1. The van der Waals surface area contributed by atoms with Gasteiger partial charge in [-0.3, -0.25) is 29.4 Å². The van der Waals surface area contributed by atoms with E-state index in [0.29, 0.717) is 62.3 Å². The fourth-order valence-electron chi connectivity index (χ4n) is 7.73. The van der Waals surface area contributed by atoms with Crippen molar-refractivity contribution in [1.29, 1.82) is 0 Å². The van der Waals surface area contributed by atoms with E-state index < -0.39 is 17.6 Å². The standard InChI is InChI=1S/C31H39FN4O5/c32-31(11-12-31)30(40)34-13-9-19(10-14-34)21-16-35(17-21)24-3-1-2-4-26(24)41-22-5-6-23-20(15-22)18-36(29(23)39)25-7-8-27(37)33-28(25)38/h5-6,15,19,21,24-26H,1-4,7-14,16-18H2,(H,33,37,38)/t24-,25?,26+/m0/s1. The minimum absolute atomic E-state index is 0.0878. The van der Waals surface area contributed by atoms with E-state index in [1.54, 1.807) is 9.80 Å². The molecule has 0 spiro atoms. The van der Waals surface area contributed by atoms with Crippen LogP contribution < -0.4 is 10.1 Å². The number of nitrogens with one attached hydrogen (secondary N) is 1. The van der Waals surface area contributed by atoms with Crippen LogP contribution in [0.25, 0.3) is 0 Å². The van der Waals surface area contributed by atoms with Gasteiger partial charge in [-0.15, -0.1) is 0 Å². The van der Waals surface area contributed by atoms with Crippen LogP contribution in [0.2, 0.25) is 0 Å². The number of piperidine rings is 2. The second-order valence-electron chi connectivity index (χ2n) is 13.0. The van der Waals surface area contributed by atoms with Gasteiger partial charge in [0.1, 0.15) is 17.9 Å². The molecule has 5 fully saturated rings. The summed E-state index contributed by atoms with van der Waals surface area (Å²) in [7, 11) is 0. The maximum absolute atomic E-state index is 14.2. The number of hydrogen-bond donors (Lipinski definition) is 1. The first-order valence-corrected chi connectivity index (χ1v) is 15.5. The normalized spacial score (nSPS) is 30.6. The highest BCUT2D eigenvalue weighted by Gasteiger charge is 2.53. The van der Waals surface area contributed by atoms with Crippen molar-refractivity contribution in [3.63, 3.8) is 0 Å². The molecule has 1 N–H and O–H groups in total. The molecule has 0 aromatic heterocycles. The van der Waals surface area contributed by atoms with E-state index in [0.717, 1.165) is 56.5 Å². The molecule has 1 unspecified atom stereocenters. The molecule has 0 radical (unpaired) electrons. The van der Waals surface area contributed by atoms with E-state index in [1.807, 2.05) is 18.2 Å². The largest absolute Gasteiger partial charge is 0.489 e. The minimum atomic E-state index is -1.56. The number of carbonyl (C=O) groups excluding carboxylic acids is 4. The summed E-state index contributed by atoms with van der Waals surface area (Å²) in [4.78, 5) is 55.2. The third-order valence-electron chi connectivity index (χ3n) is 10.4. The van der Waals surface area contributed by atoms with Gasteiger partial charge in [-0.2, -0.15) is 0 Å². The Kier molecular flexibility index (Phi) is 6.79. The van der Waals surface area contributed by atoms with Crippen molar-refractivity contribution < 1.29 is 28.3 Å². The molecule has 10 heteroatoms. The number of benzene rings is 1. The van der Waals surface area contributed by atoms with Gasteiger partial charge in [0.05, 0.1) is 0 Å². The van der Waals surface area contributed by atoms with Gasteiger partial charge in [0.2, 0.25) is 11.8 Å². The molecule has 1 aromatic carbocycles. The molecule has 4 heterocycles. The van der Waals surface area contributed by atoms with Gasteiger partial charge in [0, 0.05) is 50.7 Å². The van der Waals surface area contributed by atoms with Crippen LogP contribution in [0.5, 0.6) is 5.75 Å². The van der Waals surface area contributed by atoms with E-state index >= 15 is 0 Å². The Labute approximate surface area is 239 Å². The maximum atomic E-state index is 14.2. The van der Waals surface area contributed by atoms with Gasteiger partial charge < -0.3 is 14.5 Å². The summed E-state index contributed by atoms with van der Waals surface area (Å²) in [6.07, 6.45) is 7.81. The summed E-state index contributed by atoms with van der Waals surface area (Å²) < 4.78 is 20.8. The molecule has 3 atom stereocenters. The van der Waals surface area contributed by atoms with Crippen molar-refractivity contribution >= 4 is 23.6 Å². The van der Waals surface area contributed by atoms with Gasteiger partial charge in [-0.05, 0) is 87.0 Å². The first-order valence-electron chi connectivity index (χ1n) is 15.5. The summed E-state index contributed by atoms with van der Waals surface area (Å²) in [5.41, 5.74) is -0.102. The van der Waals surface area contributed by atoms with E-state index in [1.165, 1.54) is 6.42 Å². The third kappa shape index (κ3) is 5.02. The lowest BCUT2D eigenvalue weighted by atomic mass is 9.77. The maximum Gasteiger partial charge on any atom is 0.260 e. The fourth-order valence-corrected chi connectivity index (χ4v) is 7.73. The number of hydrogen-bond acceptors (Lipinski definition) is 6. The lowest BCUT2D eigenvalue weighted by molar-refractivity contribution is -0.140. The van der Waals surface area contributed by atoms with Crippen LogP contribution in [-0.4, -0.2) is 88.4 Å². The highest BCUT2D eigenvalue weighted by molar-refractivity contribution is 6.05. The predicted molar refractivity (Wildman–Crippen MR) is 147 cm³/mol. The number of likely N-dealkylation sites (tertiary alicyclic amines) is 2. The number of fused-ring (bicyclic) bond motifs is 1. The summed E-state index contributed by atoms with van der Waals surface area (Å²) in [6.45, 7) is 3.81. The Hall–Kier alpha value is -3.01. The van der Waals surface area contributed by atoms with Gasteiger partial charge in [0.15, 0.2) is 5.67 Å². The molecule has 3 saturated heterocycles. The number of ether oxygens (including phenoxy) is 1. The Morgan fingerprint density at radius 2 is 1.73 bits per heavy atom. The van der Waals surface area contributed by atoms with E-state index in [2.05, 4.69) is 10.2 Å². The van der Waals surface area contributed by atoms with Crippen molar-refractivity contribution in [3.05, 3.63) is 29.3 Å². The third-order valence-corrected chi connectivity index (χ3v) is 10.4. The van der Waals surface area contributed by atoms with Crippen molar-refractivity contribution in [2.45, 2.75) is 94.6 Å². The number of rotatable bonds is 6. The van der Waals surface area contributed by atoms with Gasteiger partial charge >= 0.3 is 0 Å². The molecule has 1 aromatic rings. The Bertz CT molecular complexity index is 1250. The minimum Gasteiger partial charge on any atom is -0.489 e. The van der Waals surface area contributed by atoms with Crippen LogP contribution in [0.4, 0.5) is 4.39 Å². The monoisotopic (exact) mass is 566 g/mol. The van der Waals surface area contributed by atoms with Crippen molar-refractivity contribution in [1.82, 2.24) is 20.0 Å². The molecule has 0 bridgehead atoms. The molecule has 7 rings (SSSR count). The van der Waals surface area contributed by atoms with Crippen LogP contribution in [0.3, 0.4) is 0 Å². The van der Waals surface area contributed by atoms with Crippen LogP contribution >= 0.6 is 0 Å². The number of imide groups is 1. The molecule has 2 saturated carbocycles. The highest BCUT2D eigenvalue weighted by atomic mass is 19.1. The molecule has 4 amide bonds.